The summed E-state index contributed by atoms with van der Waals surface area (Å²) < 4.78 is 5.65. The maximum Gasteiger partial charge on any atom is 0.335 e. The maximum atomic E-state index is 12.3. The monoisotopic (exact) mass is 662 g/mol. The van der Waals surface area contributed by atoms with Crippen molar-refractivity contribution in [1.82, 2.24) is 16.0 Å². The van der Waals surface area contributed by atoms with Crippen molar-refractivity contribution in [2.24, 2.45) is 5.73 Å². The minimum Gasteiger partial charge on any atom is -0.494 e. The lowest BCUT2D eigenvalue weighted by molar-refractivity contribution is -0.142. The van der Waals surface area contributed by atoms with E-state index < -0.39 is 24.0 Å². The molecule has 0 aliphatic heterocycles. The SMILES string of the molecule is CCCCCNC(=O)[C@@H](N)CCCCNC(=O)CC[C@H](NC(=O)CCCCCCCCCCCOc1ccc(C(=O)O)cc1)C(=O)O. The highest BCUT2D eigenvalue weighted by molar-refractivity contribution is 5.87. The van der Waals surface area contributed by atoms with Gasteiger partial charge in [0.05, 0.1) is 18.2 Å². The molecule has 12 heteroatoms. The quantitative estimate of drug-likeness (QED) is 0.0644. The molecule has 1 aromatic carbocycles. The zero-order valence-electron chi connectivity index (χ0n) is 28.2. The smallest absolute Gasteiger partial charge is 0.335 e. The van der Waals surface area contributed by atoms with E-state index in [1.165, 1.54) is 12.1 Å². The third-order valence-electron chi connectivity index (χ3n) is 7.89. The lowest BCUT2D eigenvalue weighted by atomic mass is 10.1. The van der Waals surface area contributed by atoms with Crippen LogP contribution in [-0.2, 0) is 19.2 Å². The molecule has 0 saturated heterocycles. The predicted octanol–water partition coefficient (Wildman–Crippen LogP) is 4.93. The summed E-state index contributed by atoms with van der Waals surface area (Å²) in [4.78, 5) is 58.9. The molecule has 1 aromatic rings. The number of carboxylic acid groups (broad SMARTS) is 2. The third-order valence-corrected chi connectivity index (χ3v) is 7.89. The fourth-order valence-electron chi connectivity index (χ4n) is 4.96. The summed E-state index contributed by atoms with van der Waals surface area (Å²) in [6.07, 6.45) is 14.3. The third kappa shape index (κ3) is 21.7. The van der Waals surface area contributed by atoms with Crippen LogP contribution in [0.1, 0.15) is 133 Å². The van der Waals surface area contributed by atoms with Crippen molar-refractivity contribution in [3.8, 4) is 5.75 Å². The first-order valence-electron chi connectivity index (χ1n) is 17.4. The second kappa shape index (κ2) is 26.4. The number of aromatic carboxylic acids is 1. The van der Waals surface area contributed by atoms with Crippen LogP contribution in [-0.4, -0.2) is 71.7 Å². The number of hydrogen-bond acceptors (Lipinski definition) is 7. The average molecular weight is 663 g/mol. The van der Waals surface area contributed by atoms with Crippen LogP contribution < -0.4 is 26.4 Å². The molecule has 0 radical (unpaired) electrons. The van der Waals surface area contributed by atoms with E-state index in [1.807, 2.05) is 0 Å². The molecule has 0 aliphatic rings. The van der Waals surface area contributed by atoms with E-state index in [0.717, 1.165) is 70.6 Å². The Labute approximate surface area is 280 Å². The van der Waals surface area contributed by atoms with Gasteiger partial charge in [-0.15, -0.1) is 0 Å². The van der Waals surface area contributed by atoms with Crippen LogP contribution in [0.15, 0.2) is 24.3 Å². The van der Waals surface area contributed by atoms with Crippen LogP contribution in [0.5, 0.6) is 5.75 Å². The summed E-state index contributed by atoms with van der Waals surface area (Å²) in [7, 11) is 0. The zero-order chi connectivity index (χ0) is 34.7. The van der Waals surface area contributed by atoms with E-state index in [2.05, 4.69) is 22.9 Å². The number of amides is 3. The molecule has 0 bridgehead atoms. The molecule has 0 aromatic heterocycles. The van der Waals surface area contributed by atoms with Gasteiger partial charge in [-0.3, -0.25) is 14.4 Å². The van der Waals surface area contributed by atoms with Crippen LogP contribution in [0.3, 0.4) is 0 Å². The maximum absolute atomic E-state index is 12.3. The van der Waals surface area contributed by atoms with E-state index in [-0.39, 0.29) is 42.5 Å². The molecule has 266 valence electrons. The number of nitrogens with two attached hydrogens (primary N) is 1. The van der Waals surface area contributed by atoms with Gasteiger partial charge in [0.25, 0.3) is 0 Å². The Morgan fingerprint density at radius 3 is 1.91 bits per heavy atom. The van der Waals surface area contributed by atoms with Gasteiger partial charge in [0.2, 0.25) is 17.7 Å². The number of ether oxygens (including phenoxy) is 1. The number of rotatable bonds is 29. The molecule has 3 amide bonds. The molecule has 0 unspecified atom stereocenters. The molecular weight excluding hydrogens is 604 g/mol. The normalized spacial score (nSPS) is 12.1. The van der Waals surface area contributed by atoms with Crippen LogP contribution in [0.2, 0.25) is 0 Å². The number of aliphatic carboxylic acids is 1. The number of carbonyl (C=O) groups is 5. The molecular formula is C35H58N4O8. The van der Waals surface area contributed by atoms with Gasteiger partial charge < -0.3 is 36.6 Å². The molecule has 0 saturated carbocycles. The van der Waals surface area contributed by atoms with Crippen molar-refractivity contribution in [2.75, 3.05) is 19.7 Å². The summed E-state index contributed by atoms with van der Waals surface area (Å²) in [5.41, 5.74) is 6.16. The van der Waals surface area contributed by atoms with Crippen LogP contribution in [0, 0.1) is 0 Å². The molecule has 0 spiro atoms. The van der Waals surface area contributed by atoms with E-state index in [1.54, 1.807) is 12.1 Å². The standard InChI is InChI=1S/C35H58N4O8/c1-2-3-13-25-38-33(42)29(36)16-12-14-24-37-31(40)23-22-30(35(45)46)39-32(41)17-11-9-7-5-4-6-8-10-15-26-47-28-20-18-27(19-21-28)34(43)44/h18-21,29-30H,2-17,22-26,36H2,1H3,(H,37,40)(H,38,42)(H,39,41)(H,43,44)(H,45,46)/t29-,30-/m0/s1. The van der Waals surface area contributed by atoms with Gasteiger partial charge in [0, 0.05) is 25.9 Å². The Morgan fingerprint density at radius 2 is 1.30 bits per heavy atom. The Balaban J connectivity index is 2.02. The molecule has 7 N–H and O–H groups in total. The van der Waals surface area contributed by atoms with Gasteiger partial charge in [0.1, 0.15) is 11.8 Å². The fourth-order valence-corrected chi connectivity index (χ4v) is 4.96. The lowest BCUT2D eigenvalue weighted by Gasteiger charge is -2.15. The van der Waals surface area contributed by atoms with Crippen molar-refractivity contribution in [3.63, 3.8) is 0 Å². The summed E-state index contributed by atoms with van der Waals surface area (Å²) in [6, 6.07) is 4.73. The molecule has 0 fully saturated rings. The van der Waals surface area contributed by atoms with Crippen molar-refractivity contribution in [2.45, 2.75) is 135 Å². The second-order valence-corrected chi connectivity index (χ2v) is 12.1. The van der Waals surface area contributed by atoms with Gasteiger partial charge in [0.15, 0.2) is 0 Å². The van der Waals surface area contributed by atoms with Crippen LogP contribution >= 0.6 is 0 Å². The number of unbranched alkanes of at least 4 members (excludes halogenated alkanes) is 11. The van der Waals surface area contributed by atoms with Crippen molar-refractivity contribution in [1.29, 1.82) is 0 Å². The Kier molecular flexibility index (Phi) is 23.2. The van der Waals surface area contributed by atoms with Crippen molar-refractivity contribution < 1.29 is 38.9 Å². The highest BCUT2D eigenvalue weighted by Crippen LogP contribution is 2.14. The minimum absolute atomic E-state index is 0.00760. The van der Waals surface area contributed by atoms with Gasteiger partial charge in [-0.05, 0) is 69.2 Å². The zero-order valence-corrected chi connectivity index (χ0v) is 28.2. The van der Waals surface area contributed by atoms with E-state index in [0.29, 0.717) is 51.1 Å². The number of carbonyl (C=O) groups excluding carboxylic acids is 3. The van der Waals surface area contributed by atoms with Crippen LogP contribution in [0.4, 0.5) is 0 Å². The summed E-state index contributed by atoms with van der Waals surface area (Å²) in [5, 5.41) is 26.5. The molecule has 12 nitrogen and oxygen atoms in total. The first-order valence-corrected chi connectivity index (χ1v) is 17.4. The summed E-state index contributed by atoms with van der Waals surface area (Å²) in [5.74, 6) is -2.19. The molecule has 0 aliphatic carbocycles. The number of nitrogens with one attached hydrogen (secondary N) is 3. The first kappa shape index (κ1) is 41.4. The average Bonchev–Trinajstić information content (AvgIpc) is 3.05. The van der Waals surface area contributed by atoms with Crippen molar-refractivity contribution in [3.05, 3.63) is 29.8 Å². The Bertz CT molecular complexity index is 1050. The highest BCUT2D eigenvalue weighted by Gasteiger charge is 2.21. The van der Waals surface area contributed by atoms with Gasteiger partial charge in [-0.25, -0.2) is 9.59 Å². The number of benzene rings is 1. The topological polar surface area (TPSA) is 197 Å². The fraction of sp³-hybridized carbons (Fsp3) is 0.686. The van der Waals surface area contributed by atoms with Crippen LogP contribution in [0.25, 0.3) is 0 Å². The second-order valence-electron chi connectivity index (χ2n) is 12.1. The van der Waals surface area contributed by atoms with Gasteiger partial charge >= 0.3 is 11.9 Å². The molecule has 47 heavy (non-hydrogen) atoms. The van der Waals surface area contributed by atoms with E-state index >= 15 is 0 Å². The first-order chi connectivity index (χ1) is 22.6. The number of carboxylic acids is 2. The Hall–Kier alpha value is -3.67. The van der Waals surface area contributed by atoms with Gasteiger partial charge in [-0.2, -0.15) is 0 Å². The summed E-state index contributed by atoms with van der Waals surface area (Å²) >= 11 is 0. The van der Waals surface area contributed by atoms with E-state index in [4.69, 9.17) is 15.6 Å². The lowest BCUT2D eigenvalue weighted by Crippen LogP contribution is -2.41. The molecule has 0 heterocycles. The predicted molar refractivity (Wildman–Crippen MR) is 181 cm³/mol. The Morgan fingerprint density at radius 1 is 0.702 bits per heavy atom. The molecule has 2 atom stereocenters. The van der Waals surface area contributed by atoms with E-state index in [9.17, 15) is 29.1 Å². The molecule has 1 rings (SSSR count). The summed E-state index contributed by atoms with van der Waals surface area (Å²) in [6.45, 7) is 3.75. The largest absolute Gasteiger partial charge is 0.494 e. The highest BCUT2D eigenvalue weighted by atomic mass is 16.5. The van der Waals surface area contributed by atoms with Crippen molar-refractivity contribution >= 4 is 29.7 Å². The minimum atomic E-state index is -1.16. The van der Waals surface area contributed by atoms with Gasteiger partial charge in [-0.1, -0.05) is 64.7 Å². The number of hydrogen-bond donors (Lipinski definition) is 6.